The van der Waals surface area contributed by atoms with Crippen LogP contribution in [0.3, 0.4) is 0 Å². The van der Waals surface area contributed by atoms with Crippen LogP contribution in [0.4, 0.5) is 0 Å². The summed E-state index contributed by atoms with van der Waals surface area (Å²) >= 11 is 0. The van der Waals surface area contributed by atoms with E-state index in [0.29, 0.717) is 5.52 Å². The van der Waals surface area contributed by atoms with E-state index in [0.717, 1.165) is 11.1 Å². The van der Waals surface area contributed by atoms with Gasteiger partial charge in [0.15, 0.2) is 0 Å². The summed E-state index contributed by atoms with van der Waals surface area (Å²) in [6, 6.07) is 5.17. The quantitative estimate of drug-likeness (QED) is 0.734. The monoisotopic (exact) mass is 240 g/mol. The zero-order chi connectivity index (χ0) is 12.5. The molecule has 0 amide bonds. The fraction of sp³-hybridized carbons (Fsp3) is 0. The molecule has 0 aliphatic carbocycles. The largest absolute Gasteiger partial charge is 0.477 e. The van der Waals surface area contributed by atoms with Crippen LogP contribution in [0.15, 0.2) is 43.0 Å². The molecule has 0 unspecified atom stereocenters. The van der Waals surface area contributed by atoms with Crippen molar-refractivity contribution < 1.29 is 9.90 Å². The van der Waals surface area contributed by atoms with Gasteiger partial charge in [-0.05, 0) is 18.2 Å². The highest BCUT2D eigenvalue weighted by Crippen LogP contribution is 2.15. The average molecular weight is 240 g/mol. The Balaban J connectivity index is 2.14. The summed E-state index contributed by atoms with van der Waals surface area (Å²) in [5.41, 5.74) is 1.46. The number of hydrogen-bond acceptors (Lipinski definition) is 4. The zero-order valence-corrected chi connectivity index (χ0v) is 9.19. The molecule has 3 aromatic rings. The zero-order valence-electron chi connectivity index (χ0n) is 9.19. The van der Waals surface area contributed by atoms with Gasteiger partial charge in [-0.2, -0.15) is 5.10 Å². The van der Waals surface area contributed by atoms with Crippen LogP contribution in [0.5, 0.6) is 0 Å². The van der Waals surface area contributed by atoms with Crippen molar-refractivity contribution in [3.63, 3.8) is 0 Å². The number of aromatic nitrogens is 4. The van der Waals surface area contributed by atoms with E-state index in [4.69, 9.17) is 5.11 Å². The molecule has 0 aliphatic rings. The Morgan fingerprint density at radius 2 is 2.22 bits per heavy atom. The Kier molecular flexibility index (Phi) is 2.26. The van der Waals surface area contributed by atoms with E-state index in [1.165, 1.54) is 12.3 Å². The van der Waals surface area contributed by atoms with Crippen LogP contribution in [-0.2, 0) is 0 Å². The normalized spacial score (nSPS) is 10.7. The highest BCUT2D eigenvalue weighted by atomic mass is 16.4. The molecule has 0 aliphatic heterocycles. The standard InChI is InChI=1S/C12H8N4O2/c17-12(18)10-4-8-7-16(15-11(8)6-14-10)9-2-1-3-13-5-9/h1-7H,(H,17,18). The van der Waals surface area contributed by atoms with Gasteiger partial charge in [0.05, 0.1) is 18.1 Å². The van der Waals surface area contributed by atoms with Crippen molar-refractivity contribution in [3.05, 3.63) is 48.7 Å². The Hall–Kier alpha value is -2.76. The Morgan fingerprint density at radius 3 is 2.94 bits per heavy atom. The lowest BCUT2D eigenvalue weighted by atomic mass is 10.3. The van der Waals surface area contributed by atoms with Gasteiger partial charge in [0.25, 0.3) is 0 Å². The molecule has 0 atom stereocenters. The second-order valence-electron chi connectivity index (χ2n) is 3.72. The minimum Gasteiger partial charge on any atom is -0.477 e. The van der Waals surface area contributed by atoms with Gasteiger partial charge in [-0.3, -0.25) is 4.98 Å². The van der Waals surface area contributed by atoms with Crippen LogP contribution in [0.25, 0.3) is 16.6 Å². The lowest BCUT2D eigenvalue weighted by Crippen LogP contribution is -1.98. The second-order valence-corrected chi connectivity index (χ2v) is 3.72. The summed E-state index contributed by atoms with van der Waals surface area (Å²) < 4.78 is 1.64. The Morgan fingerprint density at radius 1 is 1.33 bits per heavy atom. The predicted octanol–water partition coefficient (Wildman–Crippen LogP) is 1.51. The fourth-order valence-electron chi connectivity index (χ4n) is 1.67. The van der Waals surface area contributed by atoms with Gasteiger partial charge < -0.3 is 5.11 Å². The van der Waals surface area contributed by atoms with Crippen molar-refractivity contribution in [3.8, 4) is 5.69 Å². The second kappa shape index (κ2) is 3.92. The lowest BCUT2D eigenvalue weighted by molar-refractivity contribution is 0.0690. The van der Waals surface area contributed by atoms with E-state index in [-0.39, 0.29) is 5.69 Å². The number of fused-ring (bicyclic) bond motifs is 1. The van der Waals surface area contributed by atoms with Crippen molar-refractivity contribution in [2.45, 2.75) is 0 Å². The van der Waals surface area contributed by atoms with E-state index in [9.17, 15) is 4.79 Å². The molecule has 3 rings (SSSR count). The highest BCUT2D eigenvalue weighted by molar-refractivity contribution is 5.90. The number of pyridine rings is 2. The maximum absolute atomic E-state index is 10.8. The molecule has 3 aromatic heterocycles. The molecule has 0 radical (unpaired) electrons. The number of carbonyl (C=O) groups is 1. The van der Waals surface area contributed by atoms with Gasteiger partial charge in [0, 0.05) is 17.8 Å². The van der Waals surface area contributed by atoms with Crippen molar-refractivity contribution in [1.82, 2.24) is 19.7 Å². The van der Waals surface area contributed by atoms with Gasteiger partial charge in [0.1, 0.15) is 11.2 Å². The van der Waals surface area contributed by atoms with Gasteiger partial charge in [-0.25, -0.2) is 14.5 Å². The number of nitrogens with zero attached hydrogens (tertiary/aromatic N) is 4. The molecule has 0 spiro atoms. The van der Waals surface area contributed by atoms with Crippen LogP contribution in [0.2, 0.25) is 0 Å². The first-order valence-electron chi connectivity index (χ1n) is 5.23. The van der Waals surface area contributed by atoms with Crippen molar-refractivity contribution in [2.75, 3.05) is 0 Å². The van der Waals surface area contributed by atoms with E-state index >= 15 is 0 Å². The van der Waals surface area contributed by atoms with E-state index in [1.807, 2.05) is 12.1 Å². The average Bonchev–Trinajstić information content (AvgIpc) is 2.82. The number of rotatable bonds is 2. The molecule has 1 N–H and O–H groups in total. The summed E-state index contributed by atoms with van der Waals surface area (Å²) in [5, 5.41) is 13.9. The summed E-state index contributed by atoms with van der Waals surface area (Å²) in [5.74, 6) is -1.05. The molecular formula is C12H8N4O2. The maximum Gasteiger partial charge on any atom is 0.354 e. The minimum absolute atomic E-state index is 0.00763. The van der Waals surface area contributed by atoms with Crippen molar-refractivity contribution in [2.24, 2.45) is 0 Å². The van der Waals surface area contributed by atoms with Crippen molar-refractivity contribution >= 4 is 16.9 Å². The van der Waals surface area contributed by atoms with Gasteiger partial charge in [-0.15, -0.1) is 0 Å². The van der Waals surface area contributed by atoms with Gasteiger partial charge in [0.2, 0.25) is 0 Å². The molecule has 0 bridgehead atoms. The summed E-state index contributed by atoms with van der Waals surface area (Å²) in [6.45, 7) is 0. The lowest BCUT2D eigenvalue weighted by Gasteiger charge is -1.97. The number of carboxylic acid groups (broad SMARTS) is 1. The first-order valence-corrected chi connectivity index (χ1v) is 5.23. The topological polar surface area (TPSA) is 80.9 Å². The van der Waals surface area contributed by atoms with Crippen LogP contribution < -0.4 is 0 Å². The smallest absolute Gasteiger partial charge is 0.354 e. The third-order valence-electron chi connectivity index (χ3n) is 2.52. The number of aromatic carboxylic acids is 1. The van der Waals surface area contributed by atoms with Crippen LogP contribution in [0.1, 0.15) is 10.5 Å². The third kappa shape index (κ3) is 1.69. The molecule has 0 fully saturated rings. The molecule has 6 nitrogen and oxygen atoms in total. The van der Waals surface area contributed by atoms with E-state index in [2.05, 4.69) is 15.1 Å². The van der Waals surface area contributed by atoms with Gasteiger partial charge >= 0.3 is 5.97 Å². The molecular weight excluding hydrogens is 232 g/mol. The SMILES string of the molecule is O=C(O)c1cc2cn(-c3cccnc3)nc2cn1. The third-order valence-corrected chi connectivity index (χ3v) is 2.52. The number of hydrogen-bond donors (Lipinski definition) is 1. The maximum atomic E-state index is 10.8. The van der Waals surface area contributed by atoms with E-state index < -0.39 is 5.97 Å². The first kappa shape index (κ1) is 10.4. The summed E-state index contributed by atoms with van der Waals surface area (Å²) in [4.78, 5) is 18.7. The van der Waals surface area contributed by atoms with Crippen LogP contribution in [-0.4, -0.2) is 30.8 Å². The molecule has 0 saturated carbocycles. The fourth-order valence-corrected chi connectivity index (χ4v) is 1.67. The molecule has 18 heavy (non-hydrogen) atoms. The van der Waals surface area contributed by atoms with Crippen molar-refractivity contribution in [1.29, 1.82) is 0 Å². The molecule has 0 saturated heterocycles. The summed E-state index contributed by atoms with van der Waals surface area (Å²) in [7, 11) is 0. The van der Waals surface area contributed by atoms with E-state index in [1.54, 1.807) is 23.3 Å². The predicted molar refractivity (Wildman–Crippen MR) is 63.6 cm³/mol. The van der Waals surface area contributed by atoms with Crippen LogP contribution >= 0.6 is 0 Å². The Bertz CT molecular complexity index is 721. The Labute approximate surface area is 102 Å². The first-order chi connectivity index (χ1) is 8.74. The summed E-state index contributed by atoms with van der Waals surface area (Å²) in [6.07, 6.45) is 6.56. The highest BCUT2D eigenvalue weighted by Gasteiger charge is 2.08. The number of carboxylic acids is 1. The molecule has 6 heteroatoms. The minimum atomic E-state index is -1.05. The van der Waals surface area contributed by atoms with Gasteiger partial charge in [-0.1, -0.05) is 0 Å². The molecule has 0 aromatic carbocycles. The molecule has 88 valence electrons. The van der Waals surface area contributed by atoms with Crippen LogP contribution in [0, 0.1) is 0 Å². The molecule has 3 heterocycles.